The third-order valence-electron chi connectivity index (χ3n) is 1.88. The minimum Gasteiger partial charge on any atom is -0.311 e. The Labute approximate surface area is 112 Å². The molecule has 0 saturated heterocycles. The lowest BCUT2D eigenvalue weighted by atomic mass is 10.3. The van der Waals surface area contributed by atoms with Gasteiger partial charge in [-0.1, -0.05) is 0 Å². The van der Waals surface area contributed by atoms with Crippen LogP contribution in [0.5, 0.6) is 0 Å². The summed E-state index contributed by atoms with van der Waals surface area (Å²) in [4.78, 5) is 4.33. The number of aromatic nitrogens is 1. The molecule has 0 atom stereocenters. The van der Waals surface area contributed by atoms with Crippen LogP contribution in [0.4, 0.5) is 0 Å². The summed E-state index contributed by atoms with van der Waals surface area (Å²) in [6, 6.07) is 2.02. The number of nitrogens with zero attached hydrogens (tertiary/aromatic N) is 1. The molecule has 1 aromatic rings. The molecule has 1 N–H and O–H groups in total. The number of hydrogen-bond donors (Lipinski definition) is 1. The summed E-state index contributed by atoms with van der Waals surface area (Å²) in [6.07, 6.45) is 5.16. The van der Waals surface area contributed by atoms with Gasteiger partial charge in [0.15, 0.2) is 0 Å². The van der Waals surface area contributed by atoms with Crippen LogP contribution in [-0.2, 0) is 6.54 Å². The van der Waals surface area contributed by atoms with E-state index in [1.807, 2.05) is 24.0 Å². The summed E-state index contributed by atoms with van der Waals surface area (Å²) in [7, 11) is 0. The molecule has 0 bridgehead atoms. The van der Waals surface area contributed by atoms with E-state index >= 15 is 0 Å². The van der Waals surface area contributed by atoms with Gasteiger partial charge in [0.05, 0.1) is 5.69 Å². The molecule has 5 heteroatoms. The Bertz CT molecular complexity index is 307. The lowest BCUT2D eigenvalue weighted by Crippen LogP contribution is -2.16. The molecule has 0 spiro atoms. The Morgan fingerprint density at radius 3 is 2.93 bits per heavy atom. The highest BCUT2D eigenvalue weighted by Gasteiger charge is 2.01. The second kappa shape index (κ2) is 7.65. The van der Waals surface area contributed by atoms with Crippen LogP contribution >= 0.6 is 43.6 Å². The van der Waals surface area contributed by atoms with Gasteiger partial charge in [-0.3, -0.25) is 4.98 Å². The monoisotopic (exact) mass is 352 g/mol. The summed E-state index contributed by atoms with van der Waals surface area (Å²) < 4.78 is 2.05. The fourth-order valence-electron chi connectivity index (χ4n) is 1.12. The first-order valence-electron chi connectivity index (χ1n) is 4.73. The first kappa shape index (κ1) is 13.5. The second-order valence-electron chi connectivity index (χ2n) is 3.11. The fraction of sp³-hybridized carbons (Fsp3) is 0.500. The van der Waals surface area contributed by atoms with Gasteiger partial charge < -0.3 is 5.32 Å². The minimum absolute atomic E-state index is 0.822. The van der Waals surface area contributed by atoms with E-state index in [0.717, 1.165) is 27.7 Å². The summed E-state index contributed by atoms with van der Waals surface area (Å²) in [6.45, 7) is 1.87. The molecule has 0 amide bonds. The molecule has 0 aliphatic heterocycles. The summed E-state index contributed by atoms with van der Waals surface area (Å²) >= 11 is 8.76. The number of nitrogens with one attached hydrogen (secondary N) is 1. The number of hydrogen-bond acceptors (Lipinski definition) is 3. The highest BCUT2D eigenvalue weighted by molar-refractivity contribution is 9.11. The van der Waals surface area contributed by atoms with Gasteiger partial charge in [-0.15, -0.1) is 0 Å². The van der Waals surface area contributed by atoms with Crippen molar-refractivity contribution in [2.45, 2.75) is 13.0 Å². The zero-order valence-electron chi connectivity index (χ0n) is 8.59. The van der Waals surface area contributed by atoms with Crippen LogP contribution < -0.4 is 5.32 Å². The van der Waals surface area contributed by atoms with Gasteiger partial charge in [0.2, 0.25) is 0 Å². The van der Waals surface area contributed by atoms with Crippen LogP contribution in [0, 0.1) is 0 Å². The lowest BCUT2D eigenvalue weighted by Gasteiger charge is -2.05. The minimum atomic E-state index is 0.822. The zero-order chi connectivity index (χ0) is 11.1. The van der Waals surface area contributed by atoms with Gasteiger partial charge in [0.1, 0.15) is 0 Å². The van der Waals surface area contributed by atoms with Crippen molar-refractivity contribution in [3.05, 3.63) is 26.9 Å². The van der Waals surface area contributed by atoms with Gasteiger partial charge in [-0.05, 0) is 62.9 Å². The SMILES string of the molecule is CSCCCNCc1ncc(Br)cc1Br. The van der Waals surface area contributed by atoms with Gasteiger partial charge in [-0.2, -0.15) is 11.8 Å². The number of halogens is 2. The predicted molar refractivity (Wildman–Crippen MR) is 74.3 cm³/mol. The van der Waals surface area contributed by atoms with E-state index in [1.54, 1.807) is 0 Å². The van der Waals surface area contributed by atoms with Crippen molar-refractivity contribution >= 4 is 43.6 Å². The third kappa shape index (κ3) is 5.33. The third-order valence-corrected chi connectivity index (χ3v) is 3.70. The molecule has 0 aliphatic rings. The lowest BCUT2D eigenvalue weighted by molar-refractivity contribution is 0.665. The van der Waals surface area contributed by atoms with Crippen molar-refractivity contribution in [1.29, 1.82) is 0 Å². The molecule has 1 heterocycles. The molecule has 0 aliphatic carbocycles. The summed E-state index contributed by atoms with van der Waals surface area (Å²) in [5.41, 5.74) is 1.06. The maximum absolute atomic E-state index is 4.33. The summed E-state index contributed by atoms with van der Waals surface area (Å²) in [5, 5.41) is 3.38. The molecular formula is C10H14Br2N2S. The Kier molecular flexibility index (Phi) is 6.88. The molecular weight excluding hydrogens is 340 g/mol. The number of thioether (sulfide) groups is 1. The standard InChI is InChI=1S/C10H14Br2N2S/c1-15-4-2-3-13-7-10-9(12)5-8(11)6-14-10/h5-6,13H,2-4,7H2,1H3. The topological polar surface area (TPSA) is 24.9 Å². The molecule has 84 valence electrons. The second-order valence-corrected chi connectivity index (χ2v) is 5.86. The fourth-order valence-corrected chi connectivity index (χ4v) is 2.68. The smallest absolute Gasteiger partial charge is 0.0684 e. The van der Waals surface area contributed by atoms with Gasteiger partial charge >= 0.3 is 0 Å². The first-order valence-corrected chi connectivity index (χ1v) is 7.71. The Balaban J connectivity index is 2.31. The van der Waals surface area contributed by atoms with Gasteiger partial charge in [0, 0.05) is 21.7 Å². The van der Waals surface area contributed by atoms with Crippen LogP contribution in [0.3, 0.4) is 0 Å². The van der Waals surface area contributed by atoms with E-state index in [2.05, 4.69) is 48.4 Å². The van der Waals surface area contributed by atoms with Crippen molar-refractivity contribution in [3.63, 3.8) is 0 Å². The average Bonchev–Trinajstić information content (AvgIpc) is 2.20. The quantitative estimate of drug-likeness (QED) is 0.793. The van der Waals surface area contributed by atoms with E-state index in [0.29, 0.717) is 0 Å². The van der Waals surface area contributed by atoms with Crippen molar-refractivity contribution in [3.8, 4) is 0 Å². The van der Waals surface area contributed by atoms with Crippen molar-refractivity contribution < 1.29 is 0 Å². The number of rotatable bonds is 6. The molecule has 0 radical (unpaired) electrons. The highest BCUT2D eigenvalue weighted by atomic mass is 79.9. The van der Waals surface area contributed by atoms with Crippen LogP contribution in [0.2, 0.25) is 0 Å². The van der Waals surface area contributed by atoms with Crippen molar-refractivity contribution in [1.82, 2.24) is 10.3 Å². The van der Waals surface area contributed by atoms with E-state index in [4.69, 9.17) is 0 Å². The van der Waals surface area contributed by atoms with E-state index in [1.165, 1.54) is 12.2 Å². The first-order chi connectivity index (χ1) is 7.24. The molecule has 0 fully saturated rings. The highest BCUT2D eigenvalue weighted by Crippen LogP contribution is 2.19. The Hall–Kier alpha value is 0.420. The van der Waals surface area contributed by atoms with Crippen LogP contribution in [0.15, 0.2) is 21.2 Å². The van der Waals surface area contributed by atoms with E-state index < -0.39 is 0 Å². The van der Waals surface area contributed by atoms with Crippen molar-refractivity contribution in [2.24, 2.45) is 0 Å². The Morgan fingerprint density at radius 1 is 1.47 bits per heavy atom. The van der Waals surface area contributed by atoms with Gasteiger partial charge in [-0.25, -0.2) is 0 Å². The van der Waals surface area contributed by atoms with Gasteiger partial charge in [0.25, 0.3) is 0 Å². The molecule has 0 unspecified atom stereocenters. The zero-order valence-corrected chi connectivity index (χ0v) is 12.6. The number of pyridine rings is 1. The average molecular weight is 354 g/mol. The molecule has 0 saturated carbocycles. The Morgan fingerprint density at radius 2 is 2.27 bits per heavy atom. The van der Waals surface area contributed by atoms with Crippen LogP contribution in [0.25, 0.3) is 0 Å². The molecule has 1 aromatic heterocycles. The normalized spacial score (nSPS) is 10.6. The van der Waals surface area contributed by atoms with Crippen molar-refractivity contribution in [2.75, 3.05) is 18.6 Å². The van der Waals surface area contributed by atoms with E-state index in [9.17, 15) is 0 Å². The van der Waals surface area contributed by atoms with Crippen LogP contribution in [0.1, 0.15) is 12.1 Å². The maximum atomic E-state index is 4.33. The van der Waals surface area contributed by atoms with Crippen LogP contribution in [-0.4, -0.2) is 23.5 Å². The summed E-state index contributed by atoms with van der Waals surface area (Å²) in [5.74, 6) is 1.21. The predicted octanol–water partition coefficient (Wildman–Crippen LogP) is 3.45. The van der Waals surface area contributed by atoms with E-state index in [-0.39, 0.29) is 0 Å². The molecule has 0 aromatic carbocycles. The molecule has 1 rings (SSSR count). The molecule has 15 heavy (non-hydrogen) atoms. The largest absolute Gasteiger partial charge is 0.311 e. The maximum Gasteiger partial charge on any atom is 0.0684 e. The molecule has 2 nitrogen and oxygen atoms in total.